The Bertz CT molecular complexity index is 1270. The predicted octanol–water partition coefficient (Wildman–Crippen LogP) is 5.92. The van der Waals surface area contributed by atoms with Gasteiger partial charge in [0.1, 0.15) is 10.8 Å². The lowest BCUT2D eigenvalue weighted by molar-refractivity contribution is -0.113. The average molecular weight is 461 g/mol. The van der Waals surface area contributed by atoms with E-state index in [9.17, 15) is 4.79 Å². The number of amides is 1. The molecular formula is C26H28N4O2S. The van der Waals surface area contributed by atoms with E-state index >= 15 is 0 Å². The monoisotopic (exact) mass is 460 g/mol. The summed E-state index contributed by atoms with van der Waals surface area (Å²) in [5.74, 6) is 1.02. The second-order valence-corrected chi connectivity index (χ2v) is 8.91. The summed E-state index contributed by atoms with van der Waals surface area (Å²) in [6.45, 7) is 6.86. The van der Waals surface area contributed by atoms with Gasteiger partial charge in [-0.1, -0.05) is 54.9 Å². The quantitative estimate of drug-likeness (QED) is 0.248. The van der Waals surface area contributed by atoms with Crippen LogP contribution in [0, 0.1) is 13.8 Å². The standard InChI is InChI=1S/C26H28N4O2S/c1-4-5-14-32-24-9-7-6-8-20(24)22-16-23-26(27-12-13-30(23)29-22)33-17-25(31)28-21-11-10-18(2)15-19(21)3/h6-13,15-16H,4-5,14,17H2,1-3H3,(H,28,31). The van der Waals surface area contributed by atoms with E-state index in [-0.39, 0.29) is 11.7 Å². The Hall–Kier alpha value is -3.32. The number of carbonyl (C=O) groups excluding carboxylic acids is 1. The Morgan fingerprint density at radius 3 is 2.82 bits per heavy atom. The molecule has 6 nitrogen and oxygen atoms in total. The summed E-state index contributed by atoms with van der Waals surface area (Å²) < 4.78 is 7.79. The van der Waals surface area contributed by atoms with Crippen LogP contribution in [0.1, 0.15) is 30.9 Å². The van der Waals surface area contributed by atoms with Crippen LogP contribution in [0.3, 0.4) is 0 Å². The number of hydrogen-bond donors (Lipinski definition) is 1. The van der Waals surface area contributed by atoms with Gasteiger partial charge in [0.2, 0.25) is 5.91 Å². The first-order valence-corrected chi connectivity index (χ1v) is 12.1. The molecule has 33 heavy (non-hydrogen) atoms. The lowest BCUT2D eigenvalue weighted by Crippen LogP contribution is -2.15. The molecule has 0 fully saturated rings. The number of benzene rings is 2. The van der Waals surface area contributed by atoms with Gasteiger partial charge < -0.3 is 10.1 Å². The Morgan fingerprint density at radius 2 is 2.00 bits per heavy atom. The van der Waals surface area contributed by atoms with Crippen LogP contribution in [0.4, 0.5) is 5.69 Å². The fourth-order valence-corrected chi connectivity index (χ4v) is 4.32. The molecule has 0 saturated carbocycles. The number of aryl methyl sites for hydroxylation is 2. The van der Waals surface area contributed by atoms with Crippen LogP contribution >= 0.6 is 11.8 Å². The van der Waals surface area contributed by atoms with Crippen LogP contribution in [0.25, 0.3) is 16.8 Å². The number of hydrogen-bond acceptors (Lipinski definition) is 5. The molecule has 0 spiro atoms. The van der Waals surface area contributed by atoms with Gasteiger partial charge in [-0.15, -0.1) is 0 Å². The van der Waals surface area contributed by atoms with Gasteiger partial charge in [0.25, 0.3) is 0 Å². The van der Waals surface area contributed by atoms with Gasteiger partial charge >= 0.3 is 0 Å². The maximum Gasteiger partial charge on any atom is 0.234 e. The van der Waals surface area contributed by atoms with E-state index in [1.807, 2.05) is 62.5 Å². The van der Waals surface area contributed by atoms with E-state index in [1.165, 1.54) is 17.3 Å². The second kappa shape index (κ2) is 10.5. The molecule has 0 aliphatic rings. The molecule has 1 N–H and O–H groups in total. The Morgan fingerprint density at radius 1 is 1.15 bits per heavy atom. The fourth-order valence-electron chi connectivity index (χ4n) is 3.55. The van der Waals surface area contributed by atoms with Gasteiger partial charge in [-0.3, -0.25) is 4.79 Å². The number of unbranched alkanes of at least 4 members (excludes halogenated alkanes) is 1. The average Bonchev–Trinajstić information content (AvgIpc) is 3.25. The number of rotatable bonds is 9. The van der Waals surface area contributed by atoms with Gasteiger partial charge in [-0.2, -0.15) is 5.10 Å². The van der Waals surface area contributed by atoms with Crippen molar-refractivity contribution in [3.8, 4) is 17.0 Å². The minimum Gasteiger partial charge on any atom is -0.493 e. The molecule has 170 valence electrons. The summed E-state index contributed by atoms with van der Waals surface area (Å²) in [4.78, 5) is 17.1. The number of fused-ring (bicyclic) bond motifs is 1. The third-order valence-corrected chi connectivity index (χ3v) is 6.26. The zero-order valence-electron chi connectivity index (χ0n) is 19.2. The van der Waals surface area contributed by atoms with Crippen molar-refractivity contribution in [1.82, 2.24) is 14.6 Å². The molecule has 2 aromatic heterocycles. The number of anilines is 1. The molecule has 7 heteroatoms. The van der Waals surface area contributed by atoms with E-state index in [4.69, 9.17) is 9.84 Å². The van der Waals surface area contributed by atoms with Crippen molar-refractivity contribution in [2.45, 2.75) is 38.6 Å². The zero-order valence-corrected chi connectivity index (χ0v) is 20.0. The third-order valence-electron chi connectivity index (χ3n) is 5.27. The summed E-state index contributed by atoms with van der Waals surface area (Å²) >= 11 is 1.40. The van der Waals surface area contributed by atoms with Gasteiger partial charge in [-0.25, -0.2) is 9.50 Å². The van der Waals surface area contributed by atoms with Crippen molar-refractivity contribution in [2.24, 2.45) is 0 Å². The molecule has 0 aliphatic carbocycles. The van der Waals surface area contributed by atoms with Crippen LogP contribution in [0.15, 0.2) is 66.0 Å². The van der Waals surface area contributed by atoms with E-state index < -0.39 is 0 Å². The minimum atomic E-state index is -0.0647. The maximum atomic E-state index is 12.6. The highest BCUT2D eigenvalue weighted by molar-refractivity contribution is 8.00. The van der Waals surface area contributed by atoms with Crippen LogP contribution in [0.2, 0.25) is 0 Å². The molecule has 2 heterocycles. The summed E-state index contributed by atoms with van der Waals surface area (Å²) in [5.41, 5.74) is 5.68. The lowest BCUT2D eigenvalue weighted by Gasteiger charge is -2.09. The second-order valence-electron chi connectivity index (χ2n) is 7.95. The number of aromatic nitrogens is 3. The first-order chi connectivity index (χ1) is 16.0. The summed E-state index contributed by atoms with van der Waals surface area (Å²) in [6.07, 6.45) is 5.62. The highest BCUT2D eigenvalue weighted by Crippen LogP contribution is 2.32. The van der Waals surface area contributed by atoms with Crippen molar-refractivity contribution in [1.29, 1.82) is 0 Å². The summed E-state index contributed by atoms with van der Waals surface area (Å²) in [5, 5.41) is 8.48. The summed E-state index contributed by atoms with van der Waals surface area (Å²) in [7, 11) is 0. The van der Waals surface area contributed by atoms with Crippen molar-refractivity contribution in [2.75, 3.05) is 17.7 Å². The molecule has 0 bridgehead atoms. The smallest absolute Gasteiger partial charge is 0.234 e. The molecule has 0 unspecified atom stereocenters. The van der Waals surface area contributed by atoms with E-state index in [1.54, 1.807) is 10.7 Å². The van der Waals surface area contributed by atoms with E-state index in [2.05, 4.69) is 23.3 Å². The van der Waals surface area contributed by atoms with Crippen molar-refractivity contribution in [3.05, 3.63) is 72.1 Å². The maximum absolute atomic E-state index is 12.6. The summed E-state index contributed by atoms with van der Waals surface area (Å²) in [6, 6.07) is 15.9. The minimum absolute atomic E-state index is 0.0647. The number of para-hydroxylation sites is 1. The first kappa shape index (κ1) is 22.9. The van der Waals surface area contributed by atoms with Crippen LogP contribution in [-0.2, 0) is 4.79 Å². The third kappa shape index (κ3) is 5.54. The molecule has 4 rings (SSSR count). The SMILES string of the molecule is CCCCOc1ccccc1-c1cc2c(SCC(=O)Nc3ccc(C)cc3C)nccn2n1. The van der Waals surface area contributed by atoms with Crippen LogP contribution < -0.4 is 10.1 Å². The fraction of sp³-hybridized carbons (Fsp3) is 0.269. The van der Waals surface area contributed by atoms with Crippen molar-refractivity contribution < 1.29 is 9.53 Å². The predicted molar refractivity (Wildman–Crippen MR) is 134 cm³/mol. The number of thioether (sulfide) groups is 1. The molecule has 0 atom stereocenters. The molecule has 0 saturated heterocycles. The Balaban J connectivity index is 1.51. The Labute approximate surface area is 198 Å². The molecule has 0 radical (unpaired) electrons. The zero-order chi connectivity index (χ0) is 23.2. The largest absolute Gasteiger partial charge is 0.493 e. The van der Waals surface area contributed by atoms with Crippen molar-refractivity contribution in [3.63, 3.8) is 0 Å². The molecule has 1 amide bonds. The molecule has 0 aliphatic heterocycles. The van der Waals surface area contributed by atoms with Crippen LogP contribution in [0.5, 0.6) is 5.75 Å². The highest BCUT2D eigenvalue weighted by atomic mass is 32.2. The van der Waals surface area contributed by atoms with Crippen molar-refractivity contribution >= 4 is 28.9 Å². The highest BCUT2D eigenvalue weighted by Gasteiger charge is 2.14. The number of ether oxygens (including phenoxy) is 1. The normalized spacial score (nSPS) is 11.0. The number of nitrogens with zero attached hydrogens (tertiary/aromatic N) is 3. The molecule has 4 aromatic rings. The van der Waals surface area contributed by atoms with Gasteiger partial charge in [0, 0.05) is 23.6 Å². The number of nitrogens with one attached hydrogen (secondary N) is 1. The molecule has 2 aromatic carbocycles. The van der Waals surface area contributed by atoms with Gasteiger partial charge in [0.15, 0.2) is 0 Å². The van der Waals surface area contributed by atoms with E-state index in [0.29, 0.717) is 6.61 Å². The van der Waals surface area contributed by atoms with Gasteiger partial charge in [0.05, 0.1) is 23.6 Å². The number of carbonyl (C=O) groups is 1. The topological polar surface area (TPSA) is 68.5 Å². The lowest BCUT2D eigenvalue weighted by atomic mass is 10.1. The van der Waals surface area contributed by atoms with Gasteiger partial charge in [-0.05, 0) is 50.1 Å². The van der Waals surface area contributed by atoms with Crippen LogP contribution in [-0.4, -0.2) is 32.9 Å². The molecular weight excluding hydrogens is 432 g/mol. The first-order valence-electron chi connectivity index (χ1n) is 11.1. The Kier molecular flexibility index (Phi) is 7.29. The van der Waals surface area contributed by atoms with E-state index in [0.717, 1.165) is 51.6 Å².